The second kappa shape index (κ2) is 15.5. The van der Waals surface area contributed by atoms with Crippen LogP contribution in [0.1, 0.15) is 36.5 Å². The van der Waals surface area contributed by atoms with E-state index in [2.05, 4.69) is 99.6 Å². The van der Waals surface area contributed by atoms with E-state index in [0.29, 0.717) is 10.6 Å². The minimum Gasteiger partial charge on any atom is -0.306 e. The maximum atomic E-state index is 13.7. The first-order valence-corrected chi connectivity index (χ1v) is 19.7. The third-order valence-electron chi connectivity index (χ3n) is 9.74. The molecule has 5 aromatic carbocycles. The van der Waals surface area contributed by atoms with Gasteiger partial charge in [0.05, 0.1) is 11.1 Å². The lowest BCUT2D eigenvalue weighted by atomic mass is 9.83. The fourth-order valence-electron chi connectivity index (χ4n) is 6.85. The third-order valence-corrected chi connectivity index (χ3v) is 14.8. The molecule has 5 aromatic rings. The lowest BCUT2D eigenvalue weighted by Gasteiger charge is -2.34. The summed E-state index contributed by atoms with van der Waals surface area (Å²) in [6.45, 7) is 4.40. The second-order valence-corrected chi connectivity index (χ2v) is 17.5. The normalized spacial score (nSPS) is 16.3. The van der Waals surface area contributed by atoms with Crippen molar-refractivity contribution in [1.82, 2.24) is 4.90 Å². The molecular formula is C43H39F6NP2. The Balaban J connectivity index is 1.56. The molecule has 0 spiro atoms. The van der Waals surface area contributed by atoms with E-state index in [1.807, 2.05) is 30.3 Å². The Kier molecular flexibility index (Phi) is 11.3. The van der Waals surface area contributed by atoms with Crippen LogP contribution < -0.4 is 26.5 Å². The van der Waals surface area contributed by atoms with Crippen LogP contribution in [0.5, 0.6) is 0 Å². The Labute approximate surface area is 304 Å². The Bertz CT molecular complexity index is 1920. The molecule has 2 unspecified atom stereocenters. The van der Waals surface area contributed by atoms with E-state index >= 15 is 0 Å². The smallest absolute Gasteiger partial charge is 0.306 e. The molecule has 0 saturated carbocycles. The molecule has 9 heteroatoms. The van der Waals surface area contributed by atoms with Crippen molar-refractivity contribution in [3.8, 4) is 0 Å². The third kappa shape index (κ3) is 7.98. The topological polar surface area (TPSA) is 3.24 Å². The summed E-state index contributed by atoms with van der Waals surface area (Å²) in [6, 6.07) is 39.1. The predicted octanol–water partition coefficient (Wildman–Crippen LogP) is 10.1. The second-order valence-electron chi connectivity index (χ2n) is 13.1. The quantitative estimate of drug-likeness (QED) is 0.102. The summed E-state index contributed by atoms with van der Waals surface area (Å²) in [5.41, 5.74) is 0.712. The number of rotatable bonds is 10. The van der Waals surface area contributed by atoms with Crippen LogP contribution in [-0.2, 0) is 12.4 Å². The first kappa shape index (κ1) is 37.7. The van der Waals surface area contributed by atoms with Crippen molar-refractivity contribution in [1.29, 1.82) is 0 Å². The number of hydrogen-bond acceptors (Lipinski definition) is 1. The molecule has 52 heavy (non-hydrogen) atoms. The summed E-state index contributed by atoms with van der Waals surface area (Å²) in [5.74, 6) is -0.0752. The van der Waals surface area contributed by atoms with Crippen molar-refractivity contribution < 1.29 is 26.3 Å². The van der Waals surface area contributed by atoms with Gasteiger partial charge in [0.25, 0.3) is 0 Å². The van der Waals surface area contributed by atoms with Crippen LogP contribution in [0.2, 0.25) is 0 Å². The first-order valence-electron chi connectivity index (χ1n) is 17.0. The Hall–Kier alpha value is -4.02. The fraction of sp³-hybridized carbons (Fsp3) is 0.209. The fourth-order valence-corrected chi connectivity index (χ4v) is 12.0. The number of hydrogen-bond donors (Lipinski definition) is 0. The summed E-state index contributed by atoms with van der Waals surface area (Å²) in [7, 11) is 1.62. The van der Waals surface area contributed by atoms with E-state index in [4.69, 9.17) is 0 Å². The van der Waals surface area contributed by atoms with Crippen LogP contribution in [-0.4, -0.2) is 25.0 Å². The summed E-state index contributed by atoms with van der Waals surface area (Å²) in [4.78, 5) is 2.21. The molecule has 3 atom stereocenters. The van der Waals surface area contributed by atoms with Crippen molar-refractivity contribution in [3.63, 3.8) is 0 Å². The van der Waals surface area contributed by atoms with Gasteiger partial charge in [-0.3, -0.25) is 0 Å². The number of alkyl halides is 6. The van der Waals surface area contributed by atoms with E-state index in [0.717, 1.165) is 35.1 Å². The van der Waals surface area contributed by atoms with Gasteiger partial charge in [0.2, 0.25) is 0 Å². The lowest BCUT2D eigenvalue weighted by Crippen LogP contribution is -2.34. The van der Waals surface area contributed by atoms with Crippen molar-refractivity contribution in [2.24, 2.45) is 5.92 Å². The first-order chi connectivity index (χ1) is 24.8. The van der Waals surface area contributed by atoms with Gasteiger partial charge in [0, 0.05) is 17.9 Å². The molecule has 268 valence electrons. The maximum Gasteiger partial charge on any atom is 0.416 e. The highest BCUT2D eigenvalue weighted by Gasteiger charge is 2.37. The minimum absolute atomic E-state index is 0.0637. The van der Waals surface area contributed by atoms with Crippen molar-refractivity contribution in [2.75, 3.05) is 14.1 Å². The molecule has 1 aliphatic carbocycles. The van der Waals surface area contributed by atoms with Crippen molar-refractivity contribution >= 4 is 42.4 Å². The van der Waals surface area contributed by atoms with E-state index in [1.165, 1.54) is 45.8 Å². The predicted molar refractivity (Wildman–Crippen MR) is 205 cm³/mol. The maximum absolute atomic E-state index is 13.7. The Morgan fingerprint density at radius 1 is 0.538 bits per heavy atom. The van der Waals surface area contributed by atoms with Gasteiger partial charge < -0.3 is 4.90 Å². The molecular weight excluding hydrogens is 706 g/mol. The highest BCUT2D eigenvalue weighted by atomic mass is 31.1. The molecule has 6 rings (SSSR count). The highest BCUT2D eigenvalue weighted by Crippen LogP contribution is 2.54. The molecule has 1 aliphatic rings. The number of allylic oxidation sites excluding steroid dienone is 2. The number of nitrogens with zero attached hydrogens (tertiary/aromatic N) is 1. The van der Waals surface area contributed by atoms with Gasteiger partial charge in [-0.05, 0) is 104 Å². The molecule has 0 aliphatic heterocycles. The van der Waals surface area contributed by atoms with Crippen LogP contribution in [0.15, 0.2) is 156 Å². The summed E-state index contributed by atoms with van der Waals surface area (Å²) < 4.78 is 81.9. The standard InChI is InChI=1S/C43H39F6NP2/c1-29(41-38(30(2)50(3)4)27-28-40(41)52(33-13-7-5-8-14-33)34-15-9-6-10-16-34)37-17-11-12-18-39(37)51(35-23-19-31(20-24-35)42(44,45)46)36-25-21-32(22-26-36)43(47,48)49/h5-30,38H,1-4H3/t29?,30-,38?/m1/s1. The van der Waals surface area contributed by atoms with E-state index in [1.54, 1.807) is 0 Å². The van der Waals surface area contributed by atoms with Gasteiger partial charge in [0.15, 0.2) is 0 Å². The zero-order valence-corrected chi connectivity index (χ0v) is 31.0. The summed E-state index contributed by atoms with van der Waals surface area (Å²) in [5, 5.41) is 5.82. The van der Waals surface area contributed by atoms with Crippen molar-refractivity contribution in [2.45, 2.75) is 38.2 Å². The van der Waals surface area contributed by atoms with Crippen molar-refractivity contribution in [3.05, 3.63) is 173 Å². The van der Waals surface area contributed by atoms with Crippen LogP contribution in [0.25, 0.3) is 0 Å². The Morgan fingerprint density at radius 3 is 1.40 bits per heavy atom. The highest BCUT2D eigenvalue weighted by molar-refractivity contribution is 7.80. The largest absolute Gasteiger partial charge is 0.416 e. The molecule has 1 nitrogen and oxygen atoms in total. The Morgan fingerprint density at radius 2 is 0.962 bits per heavy atom. The molecule has 0 heterocycles. The van der Waals surface area contributed by atoms with Gasteiger partial charge in [-0.25, -0.2) is 0 Å². The zero-order chi connectivity index (χ0) is 37.2. The molecule has 0 N–H and O–H groups in total. The van der Waals surface area contributed by atoms with Gasteiger partial charge in [-0.1, -0.05) is 128 Å². The monoisotopic (exact) mass is 745 g/mol. The van der Waals surface area contributed by atoms with E-state index in [-0.39, 0.29) is 17.9 Å². The minimum atomic E-state index is -4.52. The molecule has 0 aromatic heterocycles. The zero-order valence-electron chi connectivity index (χ0n) is 29.2. The molecule has 0 bridgehead atoms. The number of halogens is 6. The average molecular weight is 746 g/mol. The SMILES string of the molecule is CC(C1=C(P(c2ccccc2)c2ccccc2)C=CC1[C@@H](C)N(C)C)c1ccccc1P(c1ccc(C(F)(F)F)cc1)c1ccc(C(F)(F)F)cc1. The summed E-state index contributed by atoms with van der Waals surface area (Å²) >= 11 is 0. The molecule has 0 saturated heterocycles. The van der Waals surface area contributed by atoms with Crippen LogP contribution in [0, 0.1) is 5.92 Å². The van der Waals surface area contributed by atoms with E-state index in [9.17, 15) is 26.3 Å². The number of benzene rings is 5. The van der Waals surface area contributed by atoms with Crippen LogP contribution in [0.4, 0.5) is 26.3 Å². The van der Waals surface area contributed by atoms with Gasteiger partial charge in [0.1, 0.15) is 0 Å². The van der Waals surface area contributed by atoms with Crippen LogP contribution in [0.3, 0.4) is 0 Å². The average Bonchev–Trinajstić information content (AvgIpc) is 3.56. The lowest BCUT2D eigenvalue weighted by molar-refractivity contribution is -0.138. The van der Waals surface area contributed by atoms with Crippen LogP contribution >= 0.6 is 15.8 Å². The van der Waals surface area contributed by atoms with Gasteiger partial charge in [-0.2, -0.15) is 26.3 Å². The van der Waals surface area contributed by atoms with Gasteiger partial charge in [-0.15, -0.1) is 0 Å². The molecule has 0 radical (unpaired) electrons. The molecule has 0 fully saturated rings. The van der Waals surface area contributed by atoms with E-state index < -0.39 is 39.3 Å². The molecule has 0 amide bonds. The summed E-state index contributed by atoms with van der Waals surface area (Å²) in [6.07, 6.45) is -4.47. The van der Waals surface area contributed by atoms with Gasteiger partial charge >= 0.3 is 12.4 Å².